The lowest BCUT2D eigenvalue weighted by molar-refractivity contribution is 0.0926. The number of amides is 1. The van der Waals surface area contributed by atoms with Crippen molar-refractivity contribution in [2.24, 2.45) is 5.10 Å². The normalized spacial score (nSPS) is 10.8. The molecule has 1 aromatic carbocycles. The Morgan fingerprint density at radius 3 is 2.85 bits per heavy atom. The van der Waals surface area contributed by atoms with Crippen LogP contribution in [0, 0.1) is 6.92 Å². The number of nitrogens with zero attached hydrogens (tertiary/aromatic N) is 1. The summed E-state index contributed by atoms with van der Waals surface area (Å²) in [5, 5.41) is 3.89. The number of halogens is 1. The molecule has 0 fully saturated rings. The van der Waals surface area contributed by atoms with Crippen LogP contribution in [-0.4, -0.2) is 19.2 Å². The van der Waals surface area contributed by atoms with Gasteiger partial charge in [-0.25, -0.2) is 5.43 Å². The van der Waals surface area contributed by atoms with Crippen molar-refractivity contribution in [1.29, 1.82) is 0 Å². The van der Waals surface area contributed by atoms with Gasteiger partial charge in [0.25, 0.3) is 0 Å². The van der Waals surface area contributed by atoms with Crippen LogP contribution in [0.25, 0.3) is 0 Å². The smallest absolute Gasteiger partial charge is 0.307 e. The Balaban J connectivity index is 2.07. The molecule has 2 rings (SSSR count). The molecule has 1 N–H and O–H groups in total. The molecule has 0 spiro atoms. The van der Waals surface area contributed by atoms with Gasteiger partial charge in [0.15, 0.2) is 5.76 Å². The molecule has 104 valence electrons. The van der Waals surface area contributed by atoms with Crippen LogP contribution in [-0.2, 0) is 0 Å². The van der Waals surface area contributed by atoms with E-state index in [1.54, 1.807) is 26.2 Å². The van der Waals surface area contributed by atoms with E-state index in [-0.39, 0.29) is 5.76 Å². The van der Waals surface area contributed by atoms with Crippen LogP contribution in [0.4, 0.5) is 0 Å². The van der Waals surface area contributed by atoms with Gasteiger partial charge in [-0.05, 0) is 37.3 Å². The summed E-state index contributed by atoms with van der Waals surface area (Å²) in [7, 11) is 1.57. The minimum atomic E-state index is -0.400. The van der Waals surface area contributed by atoms with Crippen molar-refractivity contribution in [1.82, 2.24) is 5.43 Å². The monoisotopic (exact) mass is 336 g/mol. The van der Waals surface area contributed by atoms with Crippen molar-refractivity contribution >= 4 is 28.1 Å². The van der Waals surface area contributed by atoms with Gasteiger partial charge in [0.1, 0.15) is 11.5 Å². The molecule has 1 amide bonds. The SMILES string of the molecule is COc1ccc(Br)cc1C=NNC(=O)c1ccc(C)o1. The van der Waals surface area contributed by atoms with Crippen LogP contribution in [0.2, 0.25) is 0 Å². The van der Waals surface area contributed by atoms with Crippen molar-refractivity contribution < 1.29 is 13.9 Å². The number of nitrogens with one attached hydrogen (secondary N) is 1. The van der Waals surface area contributed by atoms with Crippen molar-refractivity contribution in [2.75, 3.05) is 7.11 Å². The lowest BCUT2D eigenvalue weighted by Gasteiger charge is -2.04. The van der Waals surface area contributed by atoms with E-state index in [1.165, 1.54) is 6.21 Å². The van der Waals surface area contributed by atoms with Crippen LogP contribution < -0.4 is 10.2 Å². The third-order valence-electron chi connectivity index (χ3n) is 2.53. The average Bonchev–Trinajstić information content (AvgIpc) is 2.86. The highest BCUT2D eigenvalue weighted by Gasteiger charge is 2.08. The summed E-state index contributed by atoms with van der Waals surface area (Å²) in [6, 6.07) is 8.82. The first-order chi connectivity index (χ1) is 9.60. The van der Waals surface area contributed by atoms with E-state index in [0.717, 1.165) is 10.0 Å². The van der Waals surface area contributed by atoms with Gasteiger partial charge in [-0.2, -0.15) is 5.10 Å². The molecule has 2 aromatic rings. The van der Waals surface area contributed by atoms with Gasteiger partial charge in [0, 0.05) is 10.0 Å². The zero-order valence-corrected chi connectivity index (χ0v) is 12.6. The van der Waals surface area contributed by atoms with E-state index in [4.69, 9.17) is 9.15 Å². The number of ether oxygens (including phenoxy) is 1. The number of methoxy groups -OCH3 is 1. The third kappa shape index (κ3) is 3.48. The zero-order chi connectivity index (χ0) is 14.5. The Hall–Kier alpha value is -2.08. The van der Waals surface area contributed by atoms with Gasteiger partial charge in [0.05, 0.1) is 13.3 Å². The van der Waals surface area contributed by atoms with E-state index < -0.39 is 5.91 Å². The van der Waals surface area contributed by atoms with E-state index in [2.05, 4.69) is 26.5 Å². The molecule has 0 aliphatic rings. The highest BCUT2D eigenvalue weighted by Crippen LogP contribution is 2.21. The summed E-state index contributed by atoms with van der Waals surface area (Å²) in [6.45, 7) is 1.77. The molecular formula is C14H13BrN2O3. The summed E-state index contributed by atoms with van der Waals surface area (Å²) < 4.78 is 11.3. The third-order valence-corrected chi connectivity index (χ3v) is 3.02. The Bertz CT molecular complexity index is 650. The first-order valence-electron chi connectivity index (χ1n) is 5.83. The molecule has 0 bridgehead atoms. The summed E-state index contributed by atoms with van der Waals surface area (Å²) in [4.78, 5) is 11.7. The lowest BCUT2D eigenvalue weighted by Crippen LogP contribution is -2.16. The second-order valence-electron chi connectivity index (χ2n) is 4.00. The molecule has 0 radical (unpaired) electrons. The van der Waals surface area contributed by atoms with Crippen LogP contribution in [0.15, 0.2) is 44.3 Å². The van der Waals surface area contributed by atoms with Gasteiger partial charge < -0.3 is 9.15 Å². The fraction of sp³-hybridized carbons (Fsp3) is 0.143. The van der Waals surface area contributed by atoms with Gasteiger partial charge >= 0.3 is 5.91 Å². The molecule has 20 heavy (non-hydrogen) atoms. The molecule has 1 aromatic heterocycles. The van der Waals surface area contributed by atoms with Gasteiger partial charge in [0.2, 0.25) is 0 Å². The Morgan fingerprint density at radius 2 is 2.20 bits per heavy atom. The van der Waals surface area contributed by atoms with Crippen LogP contribution in [0.3, 0.4) is 0 Å². The molecule has 0 aliphatic heterocycles. The number of carbonyl (C=O) groups excluding carboxylic acids is 1. The lowest BCUT2D eigenvalue weighted by atomic mass is 10.2. The number of carbonyl (C=O) groups is 1. The van der Waals surface area contributed by atoms with E-state index in [0.29, 0.717) is 11.5 Å². The van der Waals surface area contributed by atoms with Gasteiger partial charge in [-0.15, -0.1) is 0 Å². The summed E-state index contributed by atoms with van der Waals surface area (Å²) in [5.41, 5.74) is 3.15. The zero-order valence-electron chi connectivity index (χ0n) is 11.0. The van der Waals surface area contributed by atoms with E-state index >= 15 is 0 Å². The predicted octanol–water partition coefficient (Wildman–Crippen LogP) is 3.12. The van der Waals surface area contributed by atoms with Crippen LogP contribution in [0.1, 0.15) is 21.9 Å². The number of rotatable bonds is 4. The minimum Gasteiger partial charge on any atom is -0.496 e. The largest absolute Gasteiger partial charge is 0.496 e. The number of benzene rings is 1. The molecule has 5 nitrogen and oxygen atoms in total. The highest BCUT2D eigenvalue weighted by molar-refractivity contribution is 9.10. The maximum absolute atomic E-state index is 11.7. The number of hydrogen-bond acceptors (Lipinski definition) is 4. The topological polar surface area (TPSA) is 63.8 Å². The molecule has 0 atom stereocenters. The predicted molar refractivity (Wildman–Crippen MR) is 79.2 cm³/mol. The van der Waals surface area contributed by atoms with Crippen molar-refractivity contribution in [2.45, 2.75) is 6.92 Å². The number of furan rings is 1. The maximum Gasteiger partial charge on any atom is 0.307 e. The molecular weight excluding hydrogens is 324 g/mol. The average molecular weight is 337 g/mol. The highest BCUT2D eigenvalue weighted by atomic mass is 79.9. The quantitative estimate of drug-likeness (QED) is 0.689. The summed E-state index contributed by atoms with van der Waals surface area (Å²) in [6.07, 6.45) is 1.51. The van der Waals surface area contributed by atoms with Gasteiger partial charge in [-0.1, -0.05) is 15.9 Å². The fourth-order valence-corrected chi connectivity index (χ4v) is 1.96. The summed E-state index contributed by atoms with van der Waals surface area (Å²) >= 11 is 3.37. The first kappa shape index (κ1) is 14.3. The standard InChI is InChI=1S/C14H13BrN2O3/c1-9-3-5-13(20-9)14(18)17-16-8-10-7-11(15)4-6-12(10)19-2/h3-8H,1-2H3,(H,17,18). The number of hydrazone groups is 1. The fourth-order valence-electron chi connectivity index (χ4n) is 1.58. The van der Waals surface area contributed by atoms with Crippen molar-refractivity contribution in [3.8, 4) is 5.75 Å². The molecule has 1 heterocycles. The summed E-state index contributed by atoms with van der Waals surface area (Å²) in [5.74, 6) is 1.16. The number of aryl methyl sites for hydroxylation is 1. The van der Waals surface area contributed by atoms with Crippen molar-refractivity contribution in [3.05, 3.63) is 51.9 Å². The second kappa shape index (κ2) is 6.38. The molecule has 6 heteroatoms. The minimum absolute atomic E-state index is 0.223. The molecule has 0 unspecified atom stereocenters. The second-order valence-corrected chi connectivity index (χ2v) is 4.91. The van der Waals surface area contributed by atoms with E-state index in [9.17, 15) is 4.79 Å². The first-order valence-corrected chi connectivity index (χ1v) is 6.63. The van der Waals surface area contributed by atoms with Gasteiger partial charge in [-0.3, -0.25) is 4.79 Å². The molecule has 0 saturated carbocycles. The Labute approximate surface area is 124 Å². The molecule has 0 saturated heterocycles. The Kier molecular flexibility index (Phi) is 4.57. The molecule has 0 aliphatic carbocycles. The maximum atomic E-state index is 11.7. The number of hydrogen-bond donors (Lipinski definition) is 1. The van der Waals surface area contributed by atoms with Crippen molar-refractivity contribution in [3.63, 3.8) is 0 Å². The van der Waals surface area contributed by atoms with E-state index in [1.807, 2.05) is 18.2 Å². The van der Waals surface area contributed by atoms with Crippen LogP contribution in [0.5, 0.6) is 5.75 Å². The Morgan fingerprint density at radius 1 is 1.40 bits per heavy atom. The van der Waals surface area contributed by atoms with Crippen LogP contribution >= 0.6 is 15.9 Å².